The van der Waals surface area contributed by atoms with E-state index in [4.69, 9.17) is 15.7 Å². The molecule has 3 N–H and O–H groups in total. The molecule has 112 valence electrons. The molecule has 0 radical (unpaired) electrons. The van der Waals surface area contributed by atoms with E-state index in [1.165, 1.54) is 4.31 Å². The van der Waals surface area contributed by atoms with Gasteiger partial charge in [0.25, 0.3) is 0 Å². The summed E-state index contributed by atoms with van der Waals surface area (Å²) in [7, 11) is -3.27. The number of rotatable bonds is 6. The lowest BCUT2D eigenvalue weighted by Crippen LogP contribution is -2.43. The van der Waals surface area contributed by atoms with Crippen LogP contribution in [0.5, 0.6) is 0 Å². The fourth-order valence-corrected chi connectivity index (χ4v) is 3.36. The zero-order valence-corrected chi connectivity index (χ0v) is 12.3. The summed E-state index contributed by atoms with van der Waals surface area (Å²) in [4.78, 5) is 0. The Kier molecular flexibility index (Phi) is 6.02. The fourth-order valence-electron chi connectivity index (χ4n) is 2.03. The van der Waals surface area contributed by atoms with Crippen LogP contribution in [0.1, 0.15) is 26.7 Å². The molecule has 0 unspecified atom stereocenters. The summed E-state index contributed by atoms with van der Waals surface area (Å²) in [5, 5.41) is 11.6. The number of nitrogens with two attached hydrogens (primary N) is 1. The molecule has 0 atom stereocenters. The summed E-state index contributed by atoms with van der Waals surface area (Å²) >= 11 is 0. The Balaban J connectivity index is 2.45. The van der Waals surface area contributed by atoms with Crippen molar-refractivity contribution in [3.63, 3.8) is 0 Å². The normalized spacial score (nSPS) is 20.1. The fraction of sp³-hybridized carbons (Fsp3) is 0.909. The molecule has 8 heteroatoms. The van der Waals surface area contributed by atoms with E-state index in [1.807, 2.05) is 13.8 Å². The number of hydrogen-bond acceptors (Lipinski definition) is 5. The van der Waals surface area contributed by atoms with Crippen molar-refractivity contribution in [1.29, 1.82) is 0 Å². The SMILES string of the molecule is CC(C)OCCS(=O)(=O)N1CCC(C(N)=NO)CC1. The van der Waals surface area contributed by atoms with Crippen molar-refractivity contribution in [2.75, 3.05) is 25.4 Å². The Morgan fingerprint density at radius 1 is 1.47 bits per heavy atom. The van der Waals surface area contributed by atoms with E-state index < -0.39 is 10.0 Å². The summed E-state index contributed by atoms with van der Waals surface area (Å²) < 4.78 is 30.8. The minimum Gasteiger partial charge on any atom is -0.409 e. The van der Waals surface area contributed by atoms with Crippen molar-refractivity contribution in [3.8, 4) is 0 Å². The maximum atomic E-state index is 12.0. The van der Waals surface area contributed by atoms with Crippen molar-refractivity contribution in [2.45, 2.75) is 32.8 Å². The second-order valence-electron chi connectivity index (χ2n) is 4.93. The van der Waals surface area contributed by atoms with E-state index in [0.717, 1.165) is 0 Å². The molecule has 0 spiro atoms. The largest absolute Gasteiger partial charge is 0.409 e. The van der Waals surface area contributed by atoms with Crippen LogP contribution in [0, 0.1) is 5.92 Å². The average molecular weight is 293 g/mol. The predicted molar refractivity (Wildman–Crippen MR) is 72.6 cm³/mol. The molecule has 1 aliphatic rings. The van der Waals surface area contributed by atoms with Crippen LogP contribution < -0.4 is 5.73 Å². The lowest BCUT2D eigenvalue weighted by Gasteiger charge is -2.30. The summed E-state index contributed by atoms with van der Waals surface area (Å²) in [5.74, 6) is 0.142. The standard InChI is InChI=1S/C11H23N3O4S/c1-9(2)18-7-8-19(16,17)14-5-3-10(4-6-14)11(12)13-15/h9-10,15H,3-8H2,1-2H3,(H2,12,13). The summed E-state index contributed by atoms with van der Waals surface area (Å²) in [5.41, 5.74) is 5.53. The molecule has 0 aromatic rings. The number of hydrogen-bond donors (Lipinski definition) is 2. The average Bonchev–Trinajstić information content (AvgIpc) is 2.37. The van der Waals surface area contributed by atoms with Gasteiger partial charge in [0.2, 0.25) is 10.0 Å². The maximum Gasteiger partial charge on any atom is 0.216 e. The van der Waals surface area contributed by atoms with E-state index in [1.54, 1.807) is 0 Å². The highest BCUT2D eigenvalue weighted by molar-refractivity contribution is 7.89. The Morgan fingerprint density at radius 3 is 2.53 bits per heavy atom. The topological polar surface area (TPSA) is 105 Å². The zero-order chi connectivity index (χ0) is 14.5. The Morgan fingerprint density at radius 2 is 2.05 bits per heavy atom. The molecule has 1 heterocycles. The van der Waals surface area contributed by atoms with Crippen molar-refractivity contribution in [1.82, 2.24) is 4.31 Å². The van der Waals surface area contributed by atoms with Gasteiger partial charge < -0.3 is 15.7 Å². The van der Waals surface area contributed by atoms with Crippen LogP contribution >= 0.6 is 0 Å². The van der Waals surface area contributed by atoms with Gasteiger partial charge >= 0.3 is 0 Å². The van der Waals surface area contributed by atoms with Crippen LogP contribution in [0.15, 0.2) is 5.16 Å². The highest BCUT2D eigenvalue weighted by Crippen LogP contribution is 2.20. The number of nitrogens with zero attached hydrogens (tertiary/aromatic N) is 2. The van der Waals surface area contributed by atoms with Gasteiger partial charge in [0.15, 0.2) is 0 Å². The summed E-state index contributed by atoms with van der Waals surface area (Å²) in [6, 6.07) is 0. The smallest absolute Gasteiger partial charge is 0.216 e. The molecule has 0 aromatic heterocycles. The van der Waals surface area contributed by atoms with Gasteiger partial charge in [0, 0.05) is 19.0 Å². The van der Waals surface area contributed by atoms with Crippen LogP contribution in [-0.4, -0.2) is 55.3 Å². The third-order valence-electron chi connectivity index (χ3n) is 3.17. The molecule has 1 fully saturated rings. The first-order valence-corrected chi connectivity index (χ1v) is 8.04. The number of oxime groups is 1. The molecule has 1 aliphatic heterocycles. The molecular weight excluding hydrogens is 270 g/mol. The van der Waals surface area contributed by atoms with Crippen LogP contribution in [0.25, 0.3) is 0 Å². The number of piperidine rings is 1. The Bertz CT molecular complexity index is 400. The van der Waals surface area contributed by atoms with Gasteiger partial charge in [-0.15, -0.1) is 0 Å². The van der Waals surface area contributed by atoms with Gasteiger partial charge in [-0.2, -0.15) is 0 Å². The Hall–Kier alpha value is -0.860. The highest BCUT2D eigenvalue weighted by Gasteiger charge is 2.29. The lowest BCUT2D eigenvalue weighted by atomic mass is 9.97. The summed E-state index contributed by atoms with van der Waals surface area (Å²) in [6.07, 6.45) is 1.20. The molecule has 19 heavy (non-hydrogen) atoms. The van der Waals surface area contributed by atoms with E-state index >= 15 is 0 Å². The van der Waals surface area contributed by atoms with Crippen molar-refractivity contribution in [2.24, 2.45) is 16.8 Å². The molecule has 1 rings (SSSR count). The molecule has 1 saturated heterocycles. The van der Waals surface area contributed by atoms with E-state index in [0.29, 0.717) is 25.9 Å². The van der Waals surface area contributed by atoms with Gasteiger partial charge in [-0.05, 0) is 26.7 Å². The molecule has 0 saturated carbocycles. The molecule has 7 nitrogen and oxygen atoms in total. The molecule has 0 aliphatic carbocycles. The van der Waals surface area contributed by atoms with E-state index in [9.17, 15) is 8.42 Å². The van der Waals surface area contributed by atoms with Gasteiger partial charge in [-0.1, -0.05) is 5.16 Å². The monoisotopic (exact) mass is 293 g/mol. The first-order valence-electron chi connectivity index (χ1n) is 6.43. The summed E-state index contributed by atoms with van der Waals surface area (Å²) in [6.45, 7) is 4.76. The van der Waals surface area contributed by atoms with E-state index in [2.05, 4.69) is 5.16 Å². The number of ether oxygens (including phenoxy) is 1. The third kappa shape index (κ3) is 4.96. The minimum absolute atomic E-state index is 0.000577. The van der Waals surface area contributed by atoms with Crippen LogP contribution in [-0.2, 0) is 14.8 Å². The van der Waals surface area contributed by atoms with Crippen molar-refractivity contribution < 1.29 is 18.4 Å². The van der Waals surface area contributed by atoms with Gasteiger partial charge in [-0.3, -0.25) is 0 Å². The first-order chi connectivity index (χ1) is 8.86. The van der Waals surface area contributed by atoms with E-state index in [-0.39, 0.29) is 30.2 Å². The lowest BCUT2D eigenvalue weighted by molar-refractivity contribution is 0.0905. The number of amidine groups is 1. The van der Waals surface area contributed by atoms with Gasteiger partial charge in [0.05, 0.1) is 18.5 Å². The van der Waals surface area contributed by atoms with Crippen LogP contribution in [0.2, 0.25) is 0 Å². The second-order valence-corrected chi connectivity index (χ2v) is 7.02. The quantitative estimate of drug-likeness (QED) is 0.315. The van der Waals surface area contributed by atoms with Gasteiger partial charge in [0.1, 0.15) is 5.84 Å². The third-order valence-corrected chi connectivity index (χ3v) is 5.01. The molecule has 0 aromatic carbocycles. The maximum absolute atomic E-state index is 12.0. The van der Waals surface area contributed by atoms with Crippen molar-refractivity contribution >= 4 is 15.9 Å². The molecular formula is C11H23N3O4S. The van der Waals surface area contributed by atoms with Crippen LogP contribution in [0.4, 0.5) is 0 Å². The minimum atomic E-state index is -3.27. The van der Waals surface area contributed by atoms with Crippen molar-refractivity contribution in [3.05, 3.63) is 0 Å². The second kappa shape index (κ2) is 7.06. The zero-order valence-electron chi connectivity index (χ0n) is 11.4. The highest BCUT2D eigenvalue weighted by atomic mass is 32.2. The molecule has 0 amide bonds. The Labute approximate surface area is 114 Å². The molecule has 0 bridgehead atoms. The van der Waals surface area contributed by atoms with Crippen LogP contribution in [0.3, 0.4) is 0 Å². The van der Waals surface area contributed by atoms with Gasteiger partial charge in [-0.25, -0.2) is 12.7 Å². The first kappa shape index (κ1) is 16.2. The predicted octanol–water partition coefficient (Wildman–Crippen LogP) is 0.200. The number of sulfonamides is 1.